The Morgan fingerprint density at radius 1 is 1.50 bits per heavy atom. The number of ether oxygens (including phenoxy) is 1. The minimum atomic E-state index is 0.0616. The third-order valence-electron chi connectivity index (χ3n) is 3.59. The van der Waals surface area contributed by atoms with Gasteiger partial charge in [0.2, 0.25) is 0 Å². The van der Waals surface area contributed by atoms with Gasteiger partial charge >= 0.3 is 0 Å². The highest BCUT2D eigenvalue weighted by Crippen LogP contribution is 2.19. The molecule has 2 atom stereocenters. The van der Waals surface area contributed by atoms with Gasteiger partial charge in [-0.15, -0.1) is 0 Å². The van der Waals surface area contributed by atoms with Crippen LogP contribution in [0.25, 0.3) is 0 Å². The summed E-state index contributed by atoms with van der Waals surface area (Å²) >= 11 is 0. The van der Waals surface area contributed by atoms with Gasteiger partial charge in [0, 0.05) is 31.5 Å². The Hall–Kier alpha value is -0.870. The summed E-state index contributed by atoms with van der Waals surface area (Å²) < 4.78 is 7.58. The van der Waals surface area contributed by atoms with Crippen LogP contribution in [0.1, 0.15) is 39.7 Å². The zero-order chi connectivity index (χ0) is 13.2. The molecule has 1 N–H and O–H groups in total. The van der Waals surface area contributed by atoms with Crippen molar-refractivity contribution in [2.45, 2.75) is 52.3 Å². The normalized spacial score (nSPS) is 24.7. The van der Waals surface area contributed by atoms with Gasteiger partial charge in [-0.05, 0) is 40.0 Å². The highest BCUT2D eigenvalue weighted by molar-refractivity contribution is 5.04. The second kappa shape index (κ2) is 5.41. The fourth-order valence-corrected chi connectivity index (χ4v) is 2.26. The molecule has 2 rings (SSSR count). The lowest BCUT2D eigenvalue weighted by molar-refractivity contribution is 0.105. The van der Waals surface area contributed by atoms with Crippen molar-refractivity contribution in [3.05, 3.63) is 18.0 Å². The van der Waals surface area contributed by atoms with Crippen molar-refractivity contribution < 1.29 is 4.74 Å². The van der Waals surface area contributed by atoms with Gasteiger partial charge < -0.3 is 10.1 Å². The van der Waals surface area contributed by atoms with Crippen LogP contribution in [0.3, 0.4) is 0 Å². The summed E-state index contributed by atoms with van der Waals surface area (Å²) in [7, 11) is 0. The molecule has 4 heteroatoms. The molecule has 2 heterocycles. The first-order valence-electron chi connectivity index (χ1n) is 6.83. The molecule has 102 valence electrons. The van der Waals surface area contributed by atoms with E-state index in [0.29, 0.717) is 12.0 Å². The maximum absolute atomic E-state index is 5.56. The molecule has 0 aliphatic carbocycles. The van der Waals surface area contributed by atoms with Gasteiger partial charge in [-0.25, -0.2) is 0 Å². The van der Waals surface area contributed by atoms with Crippen LogP contribution < -0.4 is 5.32 Å². The number of rotatable bonds is 4. The fraction of sp³-hybridized carbons (Fsp3) is 0.786. The van der Waals surface area contributed by atoms with Crippen LogP contribution in [0.5, 0.6) is 0 Å². The average Bonchev–Trinajstić information content (AvgIpc) is 2.88. The van der Waals surface area contributed by atoms with E-state index < -0.39 is 0 Å². The number of aromatic nitrogens is 2. The van der Waals surface area contributed by atoms with Crippen LogP contribution >= 0.6 is 0 Å². The number of hydrogen-bond donors (Lipinski definition) is 1. The molecule has 2 unspecified atom stereocenters. The molecular weight excluding hydrogens is 226 g/mol. The first kappa shape index (κ1) is 13.6. The van der Waals surface area contributed by atoms with E-state index in [1.807, 2.05) is 10.9 Å². The standard InChI is InChI=1S/C14H25N3O/c1-11-13(5-6-18-11)9-15-7-12-8-16-17(10-12)14(2,3)4/h8,10-11,13,15H,5-7,9H2,1-4H3. The second-order valence-electron chi connectivity index (χ2n) is 6.22. The maximum Gasteiger partial charge on any atom is 0.0588 e. The van der Waals surface area contributed by atoms with Crippen molar-refractivity contribution in [1.82, 2.24) is 15.1 Å². The predicted octanol–water partition coefficient (Wildman–Crippen LogP) is 2.15. The van der Waals surface area contributed by atoms with Crippen molar-refractivity contribution in [1.29, 1.82) is 0 Å². The number of nitrogens with one attached hydrogen (secondary N) is 1. The van der Waals surface area contributed by atoms with Crippen LogP contribution in [0, 0.1) is 5.92 Å². The fourth-order valence-electron chi connectivity index (χ4n) is 2.26. The van der Waals surface area contributed by atoms with Crippen LogP contribution in [-0.4, -0.2) is 29.0 Å². The van der Waals surface area contributed by atoms with Crippen molar-refractivity contribution in [3.63, 3.8) is 0 Å². The lowest BCUT2D eigenvalue weighted by atomic mass is 10.0. The highest BCUT2D eigenvalue weighted by Gasteiger charge is 2.23. The average molecular weight is 251 g/mol. The Morgan fingerprint density at radius 2 is 2.28 bits per heavy atom. The lowest BCUT2D eigenvalue weighted by Gasteiger charge is -2.18. The molecule has 0 spiro atoms. The first-order valence-corrected chi connectivity index (χ1v) is 6.83. The van der Waals surface area contributed by atoms with E-state index >= 15 is 0 Å². The Kier molecular flexibility index (Phi) is 4.07. The molecular formula is C14H25N3O. The maximum atomic E-state index is 5.56. The molecule has 18 heavy (non-hydrogen) atoms. The molecule has 0 saturated carbocycles. The van der Waals surface area contributed by atoms with Gasteiger partial charge in [0.15, 0.2) is 0 Å². The Labute approximate surface area is 110 Å². The van der Waals surface area contributed by atoms with Crippen LogP contribution in [0.15, 0.2) is 12.4 Å². The van der Waals surface area contributed by atoms with Crippen molar-refractivity contribution in [2.24, 2.45) is 5.92 Å². The number of nitrogens with zero attached hydrogens (tertiary/aromatic N) is 2. The third kappa shape index (κ3) is 3.33. The smallest absolute Gasteiger partial charge is 0.0588 e. The highest BCUT2D eigenvalue weighted by atomic mass is 16.5. The molecule has 0 aromatic carbocycles. The molecule has 1 aliphatic rings. The van der Waals surface area contributed by atoms with Crippen molar-refractivity contribution >= 4 is 0 Å². The minimum absolute atomic E-state index is 0.0616. The van der Waals surface area contributed by atoms with Crippen LogP contribution in [0.4, 0.5) is 0 Å². The van der Waals surface area contributed by atoms with E-state index in [0.717, 1.165) is 19.7 Å². The Bertz CT molecular complexity index is 381. The van der Waals surface area contributed by atoms with E-state index in [2.05, 4.69) is 44.3 Å². The molecule has 1 aromatic rings. The van der Waals surface area contributed by atoms with E-state index in [1.165, 1.54) is 12.0 Å². The van der Waals surface area contributed by atoms with Crippen LogP contribution in [0.2, 0.25) is 0 Å². The van der Waals surface area contributed by atoms with E-state index in [9.17, 15) is 0 Å². The topological polar surface area (TPSA) is 39.1 Å². The molecule has 1 saturated heterocycles. The summed E-state index contributed by atoms with van der Waals surface area (Å²) in [6, 6.07) is 0. The zero-order valence-corrected chi connectivity index (χ0v) is 11.9. The van der Waals surface area contributed by atoms with Gasteiger partial charge in [-0.1, -0.05) is 0 Å². The Morgan fingerprint density at radius 3 is 2.83 bits per heavy atom. The summed E-state index contributed by atoms with van der Waals surface area (Å²) in [4.78, 5) is 0. The summed E-state index contributed by atoms with van der Waals surface area (Å²) in [5.41, 5.74) is 1.31. The summed E-state index contributed by atoms with van der Waals surface area (Å²) in [6.07, 6.45) is 5.65. The first-order chi connectivity index (χ1) is 8.47. The summed E-state index contributed by atoms with van der Waals surface area (Å²) in [5, 5.41) is 7.91. The molecule has 1 aromatic heterocycles. The van der Waals surface area contributed by atoms with Crippen molar-refractivity contribution in [3.8, 4) is 0 Å². The molecule has 0 amide bonds. The van der Waals surface area contributed by atoms with E-state index in [1.54, 1.807) is 0 Å². The second-order valence-corrected chi connectivity index (χ2v) is 6.22. The number of hydrogen-bond acceptors (Lipinski definition) is 3. The molecule has 1 aliphatic heterocycles. The predicted molar refractivity (Wildman–Crippen MR) is 72.5 cm³/mol. The molecule has 1 fully saturated rings. The van der Waals surface area contributed by atoms with Crippen molar-refractivity contribution in [2.75, 3.05) is 13.2 Å². The molecule has 0 radical (unpaired) electrons. The molecule has 0 bridgehead atoms. The molecule has 4 nitrogen and oxygen atoms in total. The monoisotopic (exact) mass is 251 g/mol. The largest absolute Gasteiger partial charge is 0.378 e. The quantitative estimate of drug-likeness (QED) is 0.891. The van der Waals surface area contributed by atoms with E-state index in [-0.39, 0.29) is 5.54 Å². The minimum Gasteiger partial charge on any atom is -0.378 e. The van der Waals surface area contributed by atoms with Gasteiger partial charge in [0.05, 0.1) is 17.8 Å². The van der Waals surface area contributed by atoms with E-state index in [4.69, 9.17) is 4.74 Å². The van der Waals surface area contributed by atoms with Gasteiger partial charge in [-0.2, -0.15) is 5.10 Å². The van der Waals surface area contributed by atoms with Gasteiger partial charge in [-0.3, -0.25) is 4.68 Å². The lowest BCUT2D eigenvalue weighted by Crippen LogP contribution is -2.26. The zero-order valence-electron chi connectivity index (χ0n) is 11.9. The third-order valence-corrected chi connectivity index (χ3v) is 3.59. The summed E-state index contributed by atoms with van der Waals surface area (Å²) in [6.45, 7) is 11.5. The SMILES string of the molecule is CC1OCCC1CNCc1cnn(C(C)(C)C)c1. The summed E-state index contributed by atoms with van der Waals surface area (Å²) in [5.74, 6) is 0.655. The van der Waals surface area contributed by atoms with Crippen LogP contribution in [-0.2, 0) is 16.8 Å². The van der Waals surface area contributed by atoms with Gasteiger partial charge in [0.25, 0.3) is 0 Å². The van der Waals surface area contributed by atoms with Gasteiger partial charge in [0.1, 0.15) is 0 Å². The Balaban J connectivity index is 1.78.